The van der Waals surface area contributed by atoms with E-state index in [2.05, 4.69) is 51.0 Å². The van der Waals surface area contributed by atoms with E-state index in [0.29, 0.717) is 35.5 Å². The average Bonchev–Trinajstić information content (AvgIpc) is 2.88. The minimum absolute atomic E-state index is 0.0845. The van der Waals surface area contributed by atoms with Crippen molar-refractivity contribution in [3.63, 3.8) is 0 Å². The minimum Gasteiger partial charge on any atom is -0.340 e. The summed E-state index contributed by atoms with van der Waals surface area (Å²) < 4.78 is 0. The maximum absolute atomic E-state index is 14.2. The number of aromatic amines is 1. The number of fused-ring (bicyclic) bond motifs is 1. The second kappa shape index (κ2) is 8.52. The van der Waals surface area contributed by atoms with E-state index in [1.165, 1.54) is 30.4 Å². The summed E-state index contributed by atoms with van der Waals surface area (Å²) in [5.41, 5.74) is 3.43. The number of hydrogen-bond acceptors (Lipinski definition) is 4. The topological polar surface area (TPSA) is 69.3 Å². The number of aryl methyl sites for hydroxylation is 1. The highest BCUT2D eigenvalue weighted by Gasteiger charge is 2.61. The molecule has 192 valence electrons. The molecule has 6 nitrogen and oxygen atoms in total. The molecule has 5 fully saturated rings. The number of para-hydroxylation sites is 1. The van der Waals surface area contributed by atoms with Crippen LogP contribution in [-0.2, 0) is 16.8 Å². The standard InChI is InChI=1S/C31H36N4O2/c1-21-6-8-24(9-7-21)30-15-22-14-23(16-30)18-31(17-22,20-30)29(37)35-12-10-34(11-13-35)19-27-32-26-5-3-2-4-25(26)28(36)33-27/h2-9,22-23H,10-20H2,1H3,(H,32,33,36). The van der Waals surface area contributed by atoms with Crippen LogP contribution in [0.4, 0.5) is 0 Å². The first-order valence-corrected chi connectivity index (χ1v) is 14.0. The van der Waals surface area contributed by atoms with Crippen molar-refractivity contribution in [2.45, 2.75) is 57.4 Å². The number of aromatic nitrogens is 2. The third kappa shape index (κ3) is 3.92. The zero-order valence-electron chi connectivity index (χ0n) is 21.7. The van der Waals surface area contributed by atoms with Gasteiger partial charge in [-0.05, 0) is 80.4 Å². The molecule has 3 aromatic rings. The van der Waals surface area contributed by atoms with Crippen LogP contribution in [-0.4, -0.2) is 51.9 Å². The summed E-state index contributed by atoms with van der Waals surface area (Å²) in [6.45, 7) is 5.90. The molecule has 0 spiro atoms. The molecule has 2 atom stereocenters. The molecule has 6 heteroatoms. The lowest BCUT2D eigenvalue weighted by Gasteiger charge is -2.62. The average molecular weight is 497 g/mol. The van der Waals surface area contributed by atoms with Crippen LogP contribution in [0.1, 0.15) is 55.5 Å². The number of amides is 1. The molecule has 2 unspecified atom stereocenters. The quantitative estimate of drug-likeness (QED) is 0.581. The molecule has 4 aliphatic carbocycles. The number of nitrogens with zero attached hydrogens (tertiary/aromatic N) is 3. The van der Waals surface area contributed by atoms with Gasteiger partial charge in [-0.25, -0.2) is 4.98 Å². The van der Waals surface area contributed by atoms with E-state index >= 15 is 0 Å². The molecular weight excluding hydrogens is 460 g/mol. The van der Waals surface area contributed by atoms with Gasteiger partial charge in [0.05, 0.1) is 22.9 Å². The Morgan fingerprint density at radius 3 is 2.41 bits per heavy atom. The maximum Gasteiger partial charge on any atom is 0.258 e. The van der Waals surface area contributed by atoms with Crippen LogP contribution in [0.3, 0.4) is 0 Å². The van der Waals surface area contributed by atoms with Gasteiger partial charge in [0.15, 0.2) is 0 Å². The van der Waals surface area contributed by atoms with Gasteiger partial charge in [-0.15, -0.1) is 0 Å². The molecule has 37 heavy (non-hydrogen) atoms. The number of rotatable bonds is 4. The molecule has 8 rings (SSSR count). The third-order valence-electron chi connectivity index (χ3n) is 9.87. The largest absolute Gasteiger partial charge is 0.340 e. The van der Waals surface area contributed by atoms with Crippen LogP contribution >= 0.6 is 0 Å². The normalized spacial score (nSPS) is 31.2. The lowest BCUT2D eigenvalue weighted by molar-refractivity contribution is -0.162. The molecule has 1 amide bonds. The summed E-state index contributed by atoms with van der Waals surface area (Å²) in [6, 6.07) is 16.6. The predicted molar refractivity (Wildman–Crippen MR) is 144 cm³/mol. The molecule has 1 aromatic heterocycles. The Morgan fingerprint density at radius 2 is 1.68 bits per heavy atom. The fourth-order valence-corrected chi connectivity index (χ4v) is 8.62. The molecule has 0 radical (unpaired) electrons. The van der Waals surface area contributed by atoms with Crippen molar-refractivity contribution in [1.29, 1.82) is 0 Å². The Balaban J connectivity index is 1.06. The SMILES string of the molecule is Cc1ccc(C23CC4CC(CC(C(=O)N5CCN(Cc6nc7ccccc7c(=O)[nH]6)CC5)(C4)C2)C3)cc1. The van der Waals surface area contributed by atoms with Gasteiger partial charge in [0.25, 0.3) is 5.56 Å². The fraction of sp³-hybridized carbons (Fsp3) is 0.516. The molecule has 4 saturated carbocycles. The zero-order valence-corrected chi connectivity index (χ0v) is 21.7. The number of H-pyrrole nitrogens is 1. The number of nitrogens with one attached hydrogen (secondary N) is 1. The van der Waals surface area contributed by atoms with Crippen molar-refractivity contribution in [2.75, 3.05) is 26.2 Å². The van der Waals surface area contributed by atoms with Gasteiger partial charge in [0.1, 0.15) is 5.82 Å². The summed E-state index contributed by atoms with van der Waals surface area (Å²) in [6.07, 6.45) is 7.01. The Hall–Kier alpha value is -2.99. The van der Waals surface area contributed by atoms with Crippen LogP contribution in [0.5, 0.6) is 0 Å². The van der Waals surface area contributed by atoms with E-state index < -0.39 is 0 Å². The van der Waals surface area contributed by atoms with Crippen molar-refractivity contribution < 1.29 is 4.79 Å². The molecule has 1 N–H and O–H groups in total. The summed E-state index contributed by atoms with van der Waals surface area (Å²) in [5.74, 6) is 2.48. The predicted octanol–water partition coefficient (Wildman–Crippen LogP) is 4.41. The molecule has 1 saturated heterocycles. The fourth-order valence-electron chi connectivity index (χ4n) is 8.62. The van der Waals surface area contributed by atoms with E-state index in [1.54, 1.807) is 0 Å². The number of benzene rings is 2. The van der Waals surface area contributed by atoms with Crippen molar-refractivity contribution in [3.05, 3.63) is 75.8 Å². The van der Waals surface area contributed by atoms with Crippen LogP contribution in [0.25, 0.3) is 10.9 Å². The molecule has 2 heterocycles. The maximum atomic E-state index is 14.2. The van der Waals surface area contributed by atoms with Gasteiger partial charge in [-0.1, -0.05) is 42.0 Å². The monoisotopic (exact) mass is 496 g/mol. The van der Waals surface area contributed by atoms with Gasteiger partial charge in [-0.3, -0.25) is 14.5 Å². The van der Waals surface area contributed by atoms with E-state index in [4.69, 9.17) is 0 Å². The first kappa shape index (κ1) is 23.2. The number of carbonyl (C=O) groups excluding carboxylic acids is 1. The van der Waals surface area contributed by atoms with Gasteiger partial charge in [0, 0.05) is 26.2 Å². The van der Waals surface area contributed by atoms with Gasteiger partial charge in [-0.2, -0.15) is 0 Å². The lowest BCUT2D eigenvalue weighted by Crippen LogP contribution is -2.61. The first-order chi connectivity index (χ1) is 17.9. The molecule has 4 bridgehead atoms. The van der Waals surface area contributed by atoms with E-state index in [9.17, 15) is 9.59 Å². The highest BCUT2D eigenvalue weighted by atomic mass is 16.2. The van der Waals surface area contributed by atoms with Crippen LogP contribution in [0, 0.1) is 24.2 Å². The summed E-state index contributed by atoms with van der Waals surface area (Å²) in [4.78, 5) is 38.7. The molecule has 2 aromatic carbocycles. The Morgan fingerprint density at radius 1 is 0.973 bits per heavy atom. The van der Waals surface area contributed by atoms with Crippen LogP contribution < -0.4 is 5.56 Å². The van der Waals surface area contributed by atoms with Crippen LogP contribution in [0.2, 0.25) is 0 Å². The Kier molecular flexibility index (Phi) is 5.33. The molecular formula is C31H36N4O2. The summed E-state index contributed by atoms with van der Waals surface area (Å²) in [7, 11) is 0. The smallest absolute Gasteiger partial charge is 0.258 e. The Bertz CT molecular complexity index is 1390. The van der Waals surface area contributed by atoms with E-state index in [-0.39, 0.29) is 16.4 Å². The highest BCUT2D eigenvalue weighted by Crippen LogP contribution is 2.66. The second-order valence-electron chi connectivity index (χ2n) is 12.5. The Labute approximate surface area is 218 Å². The van der Waals surface area contributed by atoms with Gasteiger partial charge >= 0.3 is 0 Å². The van der Waals surface area contributed by atoms with E-state index in [1.807, 2.05) is 24.3 Å². The number of piperazine rings is 1. The third-order valence-corrected chi connectivity index (χ3v) is 9.87. The second-order valence-corrected chi connectivity index (χ2v) is 12.5. The number of hydrogen-bond donors (Lipinski definition) is 1. The highest BCUT2D eigenvalue weighted by molar-refractivity contribution is 5.84. The molecule has 1 aliphatic heterocycles. The van der Waals surface area contributed by atoms with Gasteiger partial charge in [0.2, 0.25) is 5.91 Å². The zero-order chi connectivity index (χ0) is 25.2. The summed E-state index contributed by atoms with van der Waals surface area (Å²) in [5, 5.41) is 0.626. The first-order valence-electron chi connectivity index (χ1n) is 14.0. The number of carbonyl (C=O) groups is 1. The molecule has 5 aliphatic rings. The van der Waals surface area contributed by atoms with Crippen molar-refractivity contribution >= 4 is 16.8 Å². The minimum atomic E-state index is -0.178. The van der Waals surface area contributed by atoms with E-state index in [0.717, 1.165) is 51.0 Å². The lowest BCUT2D eigenvalue weighted by atomic mass is 9.42. The van der Waals surface area contributed by atoms with Crippen molar-refractivity contribution in [1.82, 2.24) is 19.8 Å². The van der Waals surface area contributed by atoms with Crippen LogP contribution in [0.15, 0.2) is 53.3 Å². The van der Waals surface area contributed by atoms with Crippen molar-refractivity contribution in [2.24, 2.45) is 17.3 Å². The van der Waals surface area contributed by atoms with Gasteiger partial charge < -0.3 is 9.88 Å². The summed E-state index contributed by atoms with van der Waals surface area (Å²) >= 11 is 0. The van der Waals surface area contributed by atoms with Crippen molar-refractivity contribution in [3.8, 4) is 0 Å².